The van der Waals surface area contributed by atoms with Crippen molar-refractivity contribution in [2.24, 2.45) is 0 Å². The van der Waals surface area contributed by atoms with Gasteiger partial charge in [-0.2, -0.15) is 0 Å². The molecule has 116 valence electrons. The lowest BCUT2D eigenvalue weighted by molar-refractivity contribution is 0.204. The van der Waals surface area contributed by atoms with E-state index in [1.807, 2.05) is 18.0 Å². The zero-order valence-corrected chi connectivity index (χ0v) is 13.8. The van der Waals surface area contributed by atoms with Crippen LogP contribution in [0.2, 0.25) is 0 Å². The summed E-state index contributed by atoms with van der Waals surface area (Å²) in [6.45, 7) is 8.48. The van der Waals surface area contributed by atoms with Gasteiger partial charge < -0.3 is 15.1 Å². The van der Waals surface area contributed by atoms with Gasteiger partial charge in [0.2, 0.25) is 0 Å². The molecule has 4 heteroatoms. The maximum absolute atomic E-state index is 12.4. The second kappa shape index (κ2) is 6.48. The number of benzene rings is 1. The minimum absolute atomic E-state index is 0.0196. The maximum atomic E-state index is 12.4. The Labute approximate surface area is 128 Å². The fourth-order valence-corrected chi connectivity index (χ4v) is 2.95. The zero-order valence-electron chi connectivity index (χ0n) is 13.8. The largest absolute Gasteiger partial charge is 0.323 e. The van der Waals surface area contributed by atoms with Crippen LogP contribution in [-0.4, -0.2) is 49.1 Å². The number of carbonyl (C=O) groups is 1. The van der Waals surface area contributed by atoms with Crippen molar-refractivity contribution >= 4 is 11.7 Å². The highest BCUT2D eigenvalue weighted by atomic mass is 16.2. The number of carbonyl (C=O) groups excluding carboxylic acids is 1. The summed E-state index contributed by atoms with van der Waals surface area (Å²) in [7, 11) is 3.98. The second-order valence-corrected chi connectivity index (χ2v) is 6.47. The highest BCUT2D eigenvalue weighted by molar-refractivity contribution is 5.89. The van der Waals surface area contributed by atoms with E-state index in [0.29, 0.717) is 12.0 Å². The van der Waals surface area contributed by atoms with Crippen LogP contribution < -0.4 is 5.32 Å². The van der Waals surface area contributed by atoms with Crippen LogP contribution in [-0.2, 0) is 0 Å². The third-order valence-corrected chi connectivity index (χ3v) is 4.39. The number of aryl methyl sites for hydroxylation is 1. The number of anilines is 1. The third kappa shape index (κ3) is 3.76. The first-order chi connectivity index (χ1) is 9.88. The summed E-state index contributed by atoms with van der Waals surface area (Å²) in [6.07, 6.45) is 1.05. The van der Waals surface area contributed by atoms with Crippen LogP contribution in [0.15, 0.2) is 18.2 Å². The van der Waals surface area contributed by atoms with E-state index in [0.717, 1.165) is 25.2 Å². The molecule has 1 aromatic rings. The van der Waals surface area contributed by atoms with Crippen molar-refractivity contribution in [2.75, 3.05) is 32.5 Å². The zero-order chi connectivity index (χ0) is 15.6. The summed E-state index contributed by atoms with van der Waals surface area (Å²) in [5.74, 6) is 0.461. The molecule has 0 aromatic heterocycles. The van der Waals surface area contributed by atoms with Crippen molar-refractivity contribution in [3.05, 3.63) is 29.3 Å². The van der Waals surface area contributed by atoms with Gasteiger partial charge in [-0.25, -0.2) is 4.79 Å². The lowest BCUT2D eigenvalue weighted by Crippen LogP contribution is -2.41. The van der Waals surface area contributed by atoms with Crippen molar-refractivity contribution in [3.8, 4) is 0 Å². The van der Waals surface area contributed by atoms with Crippen LogP contribution in [0.4, 0.5) is 10.5 Å². The van der Waals surface area contributed by atoms with E-state index in [2.05, 4.69) is 50.2 Å². The molecule has 1 atom stereocenters. The Kier molecular flexibility index (Phi) is 4.88. The third-order valence-electron chi connectivity index (χ3n) is 4.39. The molecular weight excluding hydrogens is 262 g/mol. The molecule has 0 radical (unpaired) electrons. The van der Waals surface area contributed by atoms with E-state index in [4.69, 9.17) is 0 Å². The first-order valence-electron chi connectivity index (χ1n) is 7.71. The summed E-state index contributed by atoms with van der Waals surface area (Å²) < 4.78 is 0. The van der Waals surface area contributed by atoms with Crippen LogP contribution in [0.1, 0.15) is 37.3 Å². The Morgan fingerprint density at radius 3 is 2.71 bits per heavy atom. The molecule has 21 heavy (non-hydrogen) atoms. The van der Waals surface area contributed by atoms with E-state index in [1.165, 1.54) is 11.1 Å². The second-order valence-electron chi connectivity index (χ2n) is 6.47. The number of hydrogen-bond acceptors (Lipinski definition) is 2. The maximum Gasteiger partial charge on any atom is 0.321 e. The Morgan fingerprint density at radius 1 is 1.43 bits per heavy atom. The smallest absolute Gasteiger partial charge is 0.321 e. The van der Waals surface area contributed by atoms with Crippen molar-refractivity contribution in [1.82, 2.24) is 9.80 Å². The summed E-state index contributed by atoms with van der Waals surface area (Å²) in [6, 6.07) is 6.44. The van der Waals surface area contributed by atoms with Crippen molar-refractivity contribution in [2.45, 2.75) is 39.2 Å². The van der Waals surface area contributed by atoms with Crippen molar-refractivity contribution < 1.29 is 4.79 Å². The lowest BCUT2D eigenvalue weighted by Gasteiger charge is -2.25. The molecule has 1 saturated heterocycles. The van der Waals surface area contributed by atoms with Gasteiger partial charge >= 0.3 is 6.03 Å². The van der Waals surface area contributed by atoms with Crippen molar-refractivity contribution in [3.63, 3.8) is 0 Å². The Hall–Kier alpha value is -1.55. The summed E-state index contributed by atoms with van der Waals surface area (Å²) in [4.78, 5) is 16.5. The van der Waals surface area contributed by atoms with Crippen LogP contribution in [0, 0.1) is 6.92 Å². The van der Waals surface area contributed by atoms with E-state index in [9.17, 15) is 4.79 Å². The van der Waals surface area contributed by atoms with Gasteiger partial charge in [0.25, 0.3) is 0 Å². The fraction of sp³-hybridized carbons (Fsp3) is 0.588. The number of amides is 2. The minimum atomic E-state index is -0.0196. The average molecular weight is 289 g/mol. The number of rotatable bonds is 3. The first-order valence-corrected chi connectivity index (χ1v) is 7.71. The van der Waals surface area contributed by atoms with Crippen LogP contribution >= 0.6 is 0 Å². The molecule has 2 rings (SSSR count). The first kappa shape index (κ1) is 15.8. The lowest BCUT2D eigenvalue weighted by atomic mass is 9.97. The summed E-state index contributed by atoms with van der Waals surface area (Å²) in [5, 5.41) is 3.02. The van der Waals surface area contributed by atoms with Gasteiger partial charge in [0.15, 0.2) is 0 Å². The summed E-state index contributed by atoms with van der Waals surface area (Å²) in [5.41, 5.74) is 3.44. The summed E-state index contributed by atoms with van der Waals surface area (Å²) >= 11 is 0. The molecule has 1 fully saturated rings. The molecule has 2 amide bonds. The Balaban J connectivity index is 2.04. The molecule has 1 aromatic carbocycles. The predicted molar refractivity (Wildman–Crippen MR) is 88.0 cm³/mol. The molecule has 1 heterocycles. The number of hydrogen-bond donors (Lipinski definition) is 1. The fourth-order valence-electron chi connectivity index (χ4n) is 2.95. The van der Waals surface area contributed by atoms with Gasteiger partial charge in [-0.15, -0.1) is 0 Å². The van der Waals surface area contributed by atoms with Crippen LogP contribution in [0.5, 0.6) is 0 Å². The van der Waals surface area contributed by atoms with E-state index in [1.54, 1.807) is 0 Å². The SMILES string of the molecule is Cc1ccc(NC(=O)N(C)[C@@H]2CCN(C)C2)cc1C(C)C. The van der Waals surface area contributed by atoms with E-state index in [-0.39, 0.29) is 6.03 Å². The van der Waals surface area contributed by atoms with Gasteiger partial charge in [-0.3, -0.25) is 0 Å². The van der Waals surface area contributed by atoms with E-state index < -0.39 is 0 Å². The van der Waals surface area contributed by atoms with Gasteiger partial charge in [-0.1, -0.05) is 19.9 Å². The normalized spacial score (nSPS) is 19.0. The van der Waals surface area contributed by atoms with Gasteiger partial charge in [0.05, 0.1) is 0 Å². The highest BCUT2D eigenvalue weighted by Crippen LogP contribution is 2.23. The molecule has 4 nitrogen and oxygen atoms in total. The standard InChI is InChI=1S/C17H27N3O/c1-12(2)16-10-14(7-6-13(16)3)18-17(21)20(5)15-8-9-19(4)11-15/h6-7,10,12,15H,8-9,11H2,1-5H3,(H,18,21)/t15-/m1/s1. The van der Waals surface area contributed by atoms with E-state index >= 15 is 0 Å². The number of nitrogens with zero attached hydrogens (tertiary/aromatic N) is 2. The molecule has 0 unspecified atom stereocenters. The molecule has 0 aliphatic carbocycles. The van der Waals surface area contributed by atoms with Gasteiger partial charge in [0.1, 0.15) is 0 Å². The van der Waals surface area contributed by atoms with Gasteiger partial charge in [-0.05, 0) is 56.1 Å². The van der Waals surface area contributed by atoms with Crippen molar-refractivity contribution in [1.29, 1.82) is 0 Å². The Morgan fingerprint density at radius 2 is 2.14 bits per heavy atom. The predicted octanol–water partition coefficient (Wildman–Crippen LogP) is 3.29. The molecule has 1 N–H and O–H groups in total. The highest BCUT2D eigenvalue weighted by Gasteiger charge is 2.26. The monoisotopic (exact) mass is 289 g/mol. The molecule has 0 saturated carbocycles. The number of likely N-dealkylation sites (N-methyl/N-ethyl adjacent to an activating group) is 2. The quantitative estimate of drug-likeness (QED) is 0.927. The number of urea groups is 1. The molecule has 0 bridgehead atoms. The van der Waals surface area contributed by atoms with Crippen LogP contribution in [0.25, 0.3) is 0 Å². The number of likely N-dealkylation sites (tertiary alicyclic amines) is 1. The molecule has 1 aliphatic heterocycles. The average Bonchev–Trinajstić information content (AvgIpc) is 2.86. The molecule has 0 spiro atoms. The molecular formula is C17H27N3O. The minimum Gasteiger partial charge on any atom is -0.323 e. The number of nitrogens with one attached hydrogen (secondary N) is 1. The topological polar surface area (TPSA) is 35.6 Å². The van der Waals surface area contributed by atoms with Gasteiger partial charge in [0, 0.05) is 25.3 Å². The molecule has 1 aliphatic rings. The van der Waals surface area contributed by atoms with Crippen LogP contribution in [0.3, 0.4) is 0 Å². The Bertz CT molecular complexity index is 513.